The van der Waals surface area contributed by atoms with Gasteiger partial charge in [-0.1, -0.05) is 38.1 Å². The zero-order chi connectivity index (χ0) is 12.7. The van der Waals surface area contributed by atoms with Crippen molar-refractivity contribution < 1.29 is 4.74 Å². The highest BCUT2D eigenvalue weighted by atomic mass is 16.5. The molecule has 1 unspecified atom stereocenters. The molecule has 0 spiro atoms. The Morgan fingerprint density at radius 1 is 1.18 bits per heavy atom. The van der Waals surface area contributed by atoms with Crippen LogP contribution < -0.4 is 11.3 Å². The second-order valence-corrected chi connectivity index (χ2v) is 4.68. The topological polar surface area (TPSA) is 47.3 Å². The van der Waals surface area contributed by atoms with Crippen LogP contribution in [0, 0.1) is 0 Å². The SMILES string of the molecule is COCCCC(NN)c1ccc(C(C)C)cc1. The third-order valence-corrected chi connectivity index (χ3v) is 3.05. The lowest BCUT2D eigenvalue weighted by Crippen LogP contribution is -2.28. The van der Waals surface area contributed by atoms with Gasteiger partial charge in [-0.15, -0.1) is 0 Å². The summed E-state index contributed by atoms with van der Waals surface area (Å²) in [6, 6.07) is 8.90. The van der Waals surface area contributed by atoms with E-state index in [-0.39, 0.29) is 6.04 Å². The number of hydrogen-bond acceptors (Lipinski definition) is 3. The molecule has 0 heterocycles. The zero-order valence-corrected chi connectivity index (χ0v) is 11.1. The van der Waals surface area contributed by atoms with Crippen molar-refractivity contribution >= 4 is 0 Å². The molecule has 3 nitrogen and oxygen atoms in total. The lowest BCUT2D eigenvalue weighted by Gasteiger charge is -2.17. The Balaban J connectivity index is 2.62. The van der Waals surface area contributed by atoms with E-state index in [9.17, 15) is 0 Å². The molecular weight excluding hydrogens is 212 g/mol. The minimum atomic E-state index is 0.214. The number of ether oxygens (including phenoxy) is 1. The summed E-state index contributed by atoms with van der Waals surface area (Å²) in [5.41, 5.74) is 5.48. The number of rotatable bonds is 7. The molecule has 0 fully saturated rings. The average molecular weight is 236 g/mol. The summed E-state index contributed by atoms with van der Waals surface area (Å²) >= 11 is 0. The van der Waals surface area contributed by atoms with Gasteiger partial charge in [0.25, 0.3) is 0 Å². The fourth-order valence-corrected chi connectivity index (χ4v) is 1.89. The molecule has 1 atom stereocenters. The first kappa shape index (κ1) is 14.2. The van der Waals surface area contributed by atoms with Crippen molar-refractivity contribution in [2.75, 3.05) is 13.7 Å². The highest BCUT2D eigenvalue weighted by Gasteiger charge is 2.09. The number of nitrogens with two attached hydrogens (primary N) is 1. The van der Waals surface area contributed by atoms with Crippen LogP contribution in [-0.2, 0) is 4.74 Å². The molecule has 1 aromatic rings. The summed E-state index contributed by atoms with van der Waals surface area (Å²) in [4.78, 5) is 0. The summed E-state index contributed by atoms with van der Waals surface area (Å²) in [5, 5.41) is 0. The molecule has 0 aliphatic rings. The van der Waals surface area contributed by atoms with E-state index in [2.05, 4.69) is 43.5 Å². The molecule has 3 heteroatoms. The van der Waals surface area contributed by atoms with E-state index in [1.807, 2.05) is 0 Å². The van der Waals surface area contributed by atoms with Gasteiger partial charge in [0.05, 0.1) is 0 Å². The van der Waals surface area contributed by atoms with Gasteiger partial charge in [-0.05, 0) is 29.9 Å². The minimum absolute atomic E-state index is 0.214. The van der Waals surface area contributed by atoms with Crippen molar-refractivity contribution in [3.8, 4) is 0 Å². The second-order valence-electron chi connectivity index (χ2n) is 4.68. The van der Waals surface area contributed by atoms with E-state index < -0.39 is 0 Å². The van der Waals surface area contributed by atoms with Crippen LogP contribution in [0.3, 0.4) is 0 Å². The Morgan fingerprint density at radius 2 is 1.76 bits per heavy atom. The van der Waals surface area contributed by atoms with Crippen LogP contribution in [0.2, 0.25) is 0 Å². The number of hydrogen-bond donors (Lipinski definition) is 2. The number of methoxy groups -OCH3 is 1. The molecule has 3 N–H and O–H groups in total. The first-order valence-corrected chi connectivity index (χ1v) is 6.24. The maximum atomic E-state index is 5.59. The molecule has 96 valence electrons. The summed E-state index contributed by atoms with van der Waals surface area (Å²) in [7, 11) is 1.72. The van der Waals surface area contributed by atoms with Crippen molar-refractivity contribution in [3.63, 3.8) is 0 Å². The highest BCUT2D eigenvalue weighted by Crippen LogP contribution is 2.21. The van der Waals surface area contributed by atoms with E-state index in [1.54, 1.807) is 7.11 Å². The van der Waals surface area contributed by atoms with Crippen molar-refractivity contribution in [1.82, 2.24) is 5.43 Å². The smallest absolute Gasteiger partial charge is 0.0462 e. The quantitative estimate of drug-likeness (QED) is 0.435. The summed E-state index contributed by atoms with van der Waals surface area (Å²) in [5.74, 6) is 6.17. The van der Waals surface area contributed by atoms with E-state index in [1.165, 1.54) is 11.1 Å². The maximum absolute atomic E-state index is 5.59. The first-order valence-electron chi connectivity index (χ1n) is 6.24. The normalized spacial score (nSPS) is 13.0. The van der Waals surface area contributed by atoms with Crippen molar-refractivity contribution in [2.24, 2.45) is 5.84 Å². The van der Waals surface area contributed by atoms with Gasteiger partial charge in [0.15, 0.2) is 0 Å². The predicted octanol–water partition coefficient (Wildman–Crippen LogP) is 2.74. The summed E-state index contributed by atoms with van der Waals surface area (Å²) < 4.78 is 5.05. The molecule has 0 aromatic heterocycles. The molecule has 1 aromatic carbocycles. The van der Waals surface area contributed by atoms with Crippen LogP contribution in [0.1, 0.15) is 49.8 Å². The van der Waals surface area contributed by atoms with Crippen molar-refractivity contribution in [3.05, 3.63) is 35.4 Å². The number of hydrazine groups is 1. The molecule has 0 bridgehead atoms. The van der Waals surface area contributed by atoms with E-state index in [4.69, 9.17) is 10.6 Å². The van der Waals surface area contributed by atoms with Crippen LogP contribution in [0.25, 0.3) is 0 Å². The fraction of sp³-hybridized carbons (Fsp3) is 0.571. The van der Waals surface area contributed by atoms with Gasteiger partial charge in [0.1, 0.15) is 0 Å². The fourth-order valence-electron chi connectivity index (χ4n) is 1.89. The van der Waals surface area contributed by atoms with Gasteiger partial charge in [0.2, 0.25) is 0 Å². The Morgan fingerprint density at radius 3 is 2.24 bits per heavy atom. The Labute approximate surface area is 104 Å². The predicted molar refractivity (Wildman–Crippen MR) is 71.7 cm³/mol. The van der Waals surface area contributed by atoms with Crippen LogP contribution in [0.15, 0.2) is 24.3 Å². The molecule has 1 rings (SSSR count). The number of nitrogens with one attached hydrogen (secondary N) is 1. The molecule has 0 saturated carbocycles. The monoisotopic (exact) mass is 236 g/mol. The van der Waals surface area contributed by atoms with Crippen LogP contribution >= 0.6 is 0 Å². The third kappa shape index (κ3) is 4.46. The third-order valence-electron chi connectivity index (χ3n) is 3.05. The lowest BCUT2D eigenvalue weighted by molar-refractivity contribution is 0.189. The molecule has 0 amide bonds. The molecular formula is C14H24N2O. The average Bonchev–Trinajstić information content (AvgIpc) is 2.35. The highest BCUT2D eigenvalue weighted by molar-refractivity contribution is 5.26. The Kier molecular flexibility index (Phi) is 6.19. The van der Waals surface area contributed by atoms with Gasteiger partial charge in [0, 0.05) is 19.8 Å². The van der Waals surface area contributed by atoms with Gasteiger partial charge >= 0.3 is 0 Å². The molecule has 0 aliphatic carbocycles. The van der Waals surface area contributed by atoms with E-state index in [0.29, 0.717) is 5.92 Å². The lowest BCUT2D eigenvalue weighted by atomic mass is 9.97. The van der Waals surface area contributed by atoms with E-state index >= 15 is 0 Å². The maximum Gasteiger partial charge on any atom is 0.0462 e. The summed E-state index contributed by atoms with van der Waals surface area (Å²) in [6.07, 6.45) is 2.00. The molecule has 17 heavy (non-hydrogen) atoms. The largest absolute Gasteiger partial charge is 0.385 e. The number of benzene rings is 1. The van der Waals surface area contributed by atoms with E-state index in [0.717, 1.165) is 19.4 Å². The molecule has 0 radical (unpaired) electrons. The van der Waals surface area contributed by atoms with Gasteiger partial charge in [-0.2, -0.15) is 0 Å². The zero-order valence-electron chi connectivity index (χ0n) is 11.1. The molecule has 0 saturated heterocycles. The standard InChI is InChI=1S/C14H24N2O/c1-11(2)12-6-8-13(9-7-12)14(16-15)5-4-10-17-3/h6-9,11,14,16H,4-5,10,15H2,1-3H3. The van der Waals surface area contributed by atoms with Crippen LogP contribution in [0.5, 0.6) is 0 Å². The van der Waals surface area contributed by atoms with Crippen LogP contribution in [0.4, 0.5) is 0 Å². The molecule has 0 aliphatic heterocycles. The van der Waals surface area contributed by atoms with Gasteiger partial charge in [-0.3, -0.25) is 11.3 Å². The first-order chi connectivity index (χ1) is 8.19. The Bertz CT molecular complexity index is 309. The van der Waals surface area contributed by atoms with Crippen molar-refractivity contribution in [2.45, 2.75) is 38.6 Å². The minimum Gasteiger partial charge on any atom is -0.385 e. The van der Waals surface area contributed by atoms with Crippen molar-refractivity contribution in [1.29, 1.82) is 0 Å². The van der Waals surface area contributed by atoms with Gasteiger partial charge < -0.3 is 4.74 Å². The summed E-state index contributed by atoms with van der Waals surface area (Å²) in [6.45, 7) is 5.18. The van der Waals surface area contributed by atoms with Gasteiger partial charge in [-0.25, -0.2) is 0 Å². The van der Waals surface area contributed by atoms with Crippen LogP contribution in [-0.4, -0.2) is 13.7 Å². The Hall–Kier alpha value is -0.900. The second kappa shape index (κ2) is 7.43.